The second-order valence-electron chi connectivity index (χ2n) is 6.62. The summed E-state index contributed by atoms with van der Waals surface area (Å²) >= 11 is 1.42. The van der Waals surface area contributed by atoms with E-state index < -0.39 is 0 Å². The number of nitrogens with zero attached hydrogens (tertiary/aromatic N) is 2. The van der Waals surface area contributed by atoms with E-state index in [1.54, 1.807) is 7.11 Å². The fourth-order valence-corrected chi connectivity index (χ4v) is 3.02. The first kappa shape index (κ1) is 16.9. The number of methoxy groups -OCH3 is 1. The van der Waals surface area contributed by atoms with Crippen molar-refractivity contribution in [3.05, 3.63) is 41.2 Å². The molecule has 4 nitrogen and oxygen atoms in total. The normalized spacial score (nSPS) is 13.1. The van der Waals surface area contributed by atoms with Crippen LogP contribution in [0.2, 0.25) is 0 Å². The van der Waals surface area contributed by atoms with Gasteiger partial charge in [0, 0.05) is 25.1 Å². The molecule has 0 saturated carbocycles. The minimum Gasteiger partial charge on any atom is -0.384 e. The standard InChI is InChI=1S/C17H25N3OS/c1-12-7-6-8-13(11-12)15(17(2,3)4)19-16-18-14(20-22-16)9-10-21-5/h6-8,11,15H,9-10H2,1-5H3,(H,18,19,20). The van der Waals surface area contributed by atoms with Gasteiger partial charge in [0.2, 0.25) is 5.13 Å². The number of aromatic nitrogens is 2. The van der Waals surface area contributed by atoms with Crippen LogP contribution in [0.1, 0.15) is 43.8 Å². The van der Waals surface area contributed by atoms with Gasteiger partial charge in [0.05, 0.1) is 12.6 Å². The molecule has 0 aliphatic carbocycles. The number of anilines is 1. The highest BCUT2D eigenvalue weighted by atomic mass is 32.1. The number of rotatable bonds is 6. The molecule has 1 N–H and O–H groups in total. The molecular formula is C17H25N3OS. The Bertz CT molecular complexity index is 604. The predicted molar refractivity (Wildman–Crippen MR) is 92.5 cm³/mol. The number of ether oxygens (including phenoxy) is 1. The Morgan fingerprint density at radius 3 is 2.73 bits per heavy atom. The van der Waals surface area contributed by atoms with Gasteiger partial charge in [-0.3, -0.25) is 0 Å². The van der Waals surface area contributed by atoms with Gasteiger partial charge >= 0.3 is 0 Å². The zero-order valence-electron chi connectivity index (χ0n) is 14.0. The van der Waals surface area contributed by atoms with Crippen LogP contribution in [0.15, 0.2) is 24.3 Å². The maximum absolute atomic E-state index is 5.08. The van der Waals surface area contributed by atoms with E-state index in [0.29, 0.717) is 6.61 Å². The minimum absolute atomic E-state index is 0.0756. The summed E-state index contributed by atoms with van der Waals surface area (Å²) < 4.78 is 9.47. The average molecular weight is 319 g/mol. The SMILES string of the molecule is COCCc1nsc(NC(c2cccc(C)c2)C(C)(C)C)n1. The molecule has 1 heterocycles. The van der Waals surface area contributed by atoms with Crippen molar-refractivity contribution in [2.75, 3.05) is 19.0 Å². The molecule has 22 heavy (non-hydrogen) atoms. The van der Waals surface area contributed by atoms with Crippen molar-refractivity contribution in [1.82, 2.24) is 9.36 Å². The highest BCUT2D eigenvalue weighted by Crippen LogP contribution is 2.36. The minimum atomic E-state index is 0.0756. The van der Waals surface area contributed by atoms with E-state index in [9.17, 15) is 0 Å². The molecule has 0 aliphatic heterocycles. The smallest absolute Gasteiger partial charge is 0.203 e. The quantitative estimate of drug-likeness (QED) is 0.865. The topological polar surface area (TPSA) is 47.0 Å². The first-order valence-corrected chi connectivity index (χ1v) is 8.32. The summed E-state index contributed by atoms with van der Waals surface area (Å²) in [5.41, 5.74) is 2.62. The van der Waals surface area contributed by atoms with Gasteiger partial charge in [-0.25, -0.2) is 4.98 Å². The van der Waals surface area contributed by atoms with Crippen molar-refractivity contribution in [2.24, 2.45) is 5.41 Å². The molecule has 2 aromatic rings. The molecule has 0 bridgehead atoms. The summed E-state index contributed by atoms with van der Waals surface area (Å²) in [6, 6.07) is 8.82. The van der Waals surface area contributed by atoms with Crippen LogP contribution in [0.4, 0.5) is 5.13 Å². The van der Waals surface area contributed by atoms with E-state index in [1.165, 1.54) is 22.7 Å². The van der Waals surface area contributed by atoms with Crippen LogP contribution in [0.3, 0.4) is 0 Å². The maximum atomic E-state index is 5.08. The lowest BCUT2D eigenvalue weighted by atomic mass is 9.82. The largest absolute Gasteiger partial charge is 0.384 e. The molecule has 0 fully saturated rings. The molecule has 1 aromatic carbocycles. The molecule has 0 radical (unpaired) electrons. The van der Waals surface area contributed by atoms with E-state index in [4.69, 9.17) is 4.74 Å². The summed E-state index contributed by atoms with van der Waals surface area (Å²) in [5, 5.41) is 4.43. The van der Waals surface area contributed by atoms with Crippen molar-refractivity contribution >= 4 is 16.7 Å². The van der Waals surface area contributed by atoms with Crippen molar-refractivity contribution < 1.29 is 4.74 Å². The Morgan fingerprint density at radius 1 is 1.32 bits per heavy atom. The lowest BCUT2D eigenvalue weighted by Gasteiger charge is -2.32. The zero-order chi connectivity index (χ0) is 16.2. The van der Waals surface area contributed by atoms with Crippen LogP contribution in [-0.4, -0.2) is 23.1 Å². The Balaban J connectivity index is 2.19. The van der Waals surface area contributed by atoms with Gasteiger partial charge in [0.15, 0.2) is 0 Å². The number of benzene rings is 1. The van der Waals surface area contributed by atoms with E-state index >= 15 is 0 Å². The lowest BCUT2D eigenvalue weighted by molar-refractivity contribution is 0.201. The van der Waals surface area contributed by atoms with Crippen LogP contribution in [0.5, 0.6) is 0 Å². The van der Waals surface area contributed by atoms with Crippen molar-refractivity contribution in [3.8, 4) is 0 Å². The fourth-order valence-electron chi connectivity index (χ4n) is 2.38. The van der Waals surface area contributed by atoms with Gasteiger partial charge in [-0.15, -0.1) is 0 Å². The molecule has 5 heteroatoms. The van der Waals surface area contributed by atoms with Crippen molar-refractivity contribution in [1.29, 1.82) is 0 Å². The summed E-state index contributed by atoms with van der Waals surface area (Å²) in [7, 11) is 1.69. The molecular weight excluding hydrogens is 294 g/mol. The number of aryl methyl sites for hydroxylation is 1. The molecule has 120 valence electrons. The highest BCUT2D eigenvalue weighted by molar-refractivity contribution is 7.09. The van der Waals surface area contributed by atoms with E-state index in [-0.39, 0.29) is 11.5 Å². The van der Waals surface area contributed by atoms with Crippen LogP contribution < -0.4 is 5.32 Å². The van der Waals surface area contributed by atoms with E-state index in [1.807, 2.05) is 0 Å². The molecule has 1 aromatic heterocycles. The Labute approximate surface area is 137 Å². The summed E-state index contributed by atoms with van der Waals surface area (Å²) in [4.78, 5) is 4.57. The second kappa shape index (κ2) is 7.20. The third-order valence-electron chi connectivity index (χ3n) is 3.51. The fraction of sp³-hybridized carbons (Fsp3) is 0.529. The van der Waals surface area contributed by atoms with Gasteiger partial charge in [0.1, 0.15) is 5.82 Å². The zero-order valence-corrected chi connectivity index (χ0v) is 14.8. The Kier molecular flexibility index (Phi) is 5.53. The molecule has 0 aliphatic rings. The number of nitrogens with one attached hydrogen (secondary N) is 1. The molecule has 2 rings (SSSR count). The summed E-state index contributed by atoms with van der Waals surface area (Å²) in [5.74, 6) is 0.839. The highest BCUT2D eigenvalue weighted by Gasteiger charge is 2.27. The van der Waals surface area contributed by atoms with Crippen molar-refractivity contribution in [2.45, 2.75) is 40.2 Å². The van der Waals surface area contributed by atoms with Gasteiger partial charge in [-0.2, -0.15) is 4.37 Å². The van der Waals surface area contributed by atoms with Crippen molar-refractivity contribution in [3.63, 3.8) is 0 Å². The number of hydrogen-bond donors (Lipinski definition) is 1. The van der Waals surface area contributed by atoms with Crippen LogP contribution in [0.25, 0.3) is 0 Å². The number of hydrogen-bond acceptors (Lipinski definition) is 5. The van der Waals surface area contributed by atoms with Gasteiger partial charge in [0.25, 0.3) is 0 Å². The molecule has 0 saturated heterocycles. The molecule has 0 amide bonds. The maximum Gasteiger partial charge on any atom is 0.203 e. The monoisotopic (exact) mass is 319 g/mol. The second-order valence-corrected chi connectivity index (χ2v) is 7.37. The van der Waals surface area contributed by atoms with Crippen LogP contribution in [-0.2, 0) is 11.2 Å². The van der Waals surface area contributed by atoms with Gasteiger partial charge in [-0.05, 0) is 17.9 Å². The first-order chi connectivity index (χ1) is 10.4. The van der Waals surface area contributed by atoms with E-state index in [2.05, 4.69) is 66.6 Å². The predicted octanol–water partition coefficient (Wildman–Crippen LogP) is 4.23. The van der Waals surface area contributed by atoms with E-state index in [0.717, 1.165) is 17.4 Å². The first-order valence-electron chi connectivity index (χ1n) is 7.55. The van der Waals surface area contributed by atoms with Gasteiger partial charge < -0.3 is 10.1 Å². The van der Waals surface area contributed by atoms with Crippen LogP contribution >= 0.6 is 11.5 Å². The summed E-state index contributed by atoms with van der Waals surface area (Å²) in [6.45, 7) is 9.48. The van der Waals surface area contributed by atoms with Gasteiger partial charge in [-0.1, -0.05) is 50.6 Å². The summed E-state index contributed by atoms with van der Waals surface area (Å²) in [6.07, 6.45) is 0.749. The molecule has 0 spiro atoms. The Morgan fingerprint density at radius 2 is 2.09 bits per heavy atom. The average Bonchev–Trinajstić information content (AvgIpc) is 2.89. The third-order valence-corrected chi connectivity index (χ3v) is 4.19. The molecule has 1 atom stereocenters. The van der Waals surface area contributed by atoms with Crippen LogP contribution in [0, 0.1) is 12.3 Å². The Hall–Kier alpha value is -1.46. The lowest BCUT2D eigenvalue weighted by Crippen LogP contribution is -2.25. The third kappa shape index (κ3) is 4.52. The molecule has 1 unspecified atom stereocenters.